The largest absolute Gasteiger partial charge is 0.496 e. The van der Waals surface area contributed by atoms with Gasteiger partial charge < -0.3 is 14.4 Å². The first-order valence-corrected chi connectivity index (χ1v) is 11.3. The molecule has 31 heavy (non-hydrogen) atoms. The van der Waals surface area contributed by atoms with Gasteiger partial charge in [0.1, 0.15) is 5.75 Å². The van der Waals surface area contributed by atoms with Crippen LogP contribution in [0.15, 0.2) is 59.8 Å². The Hall–Kier alpha value is -2.84. The second kappa shape index (κ2) is 9.53. The fraction of sp³-hybridized carbons (Fsp3) is 0.348. The summed E-state index contributed by atoms with van der Waals surface area (Å²) in [7, 11) is 1.64. The normalized spacial score (nSPS) is 18.7. The zero-order chi connectivity index (χ0) is 21.8. The Morgan fingerprint density at radius 3 is 2.45 bits per heavy atom. The molecule has 7 nitrogen and oxygen atoms in total. The van der Waals surface area contributed by atoms with Gasteiger partial charge in [-0.05, 0) is 38.1 Å². The van der Waals surface area contributed by atoms with Gasteiger partial charge in [0, 0.05) is 18.8 Å². The van der Waals surface area contributed by atoms with Crippen LogP contribution in [-0.2, 0) is 9.53 Å². The van der Waals surface area contributed by atoms with Gasteiger partial charge in [0.15, 0.2) is 11.0 Å². The van der Waals surface area contributed by atoms with E-state index in [1.165, 1.54) is 11.8 Å². The van der Waals surface area contributed by atoms with Crippen molar-refractivity contribution in [1.29, 1.82) is 0 Å². The lowest BCUT2D eigenvalue weighted by Gasteiger charge is -2.35. The lowest BCUT2D eigenvalue weighted by Crippen LogP contribution is -2.48. The minimum absolute atomic E-state index is 0.0443. The number of morpholine rings is 1. The molecular weight excluding hydrogens is 412 g/mol. The third-order valence-corrected chi connectivity index (χ3v) is 6.01. The number of aromatic nitrogens is 3. The van der Waals surface area contributed by atoms with Crippen LogP contribution < -0.4 is 4.74 Å². The molecule has 1 aliphatic heterocycles. The lowest BCUT2D eigenvalue weighted by atomic mass is 10.2. The average Bonchev–Trinajstić information content (AvgIpc) is 3.21. The van der Waals surface area contributed by atoms with Gasteiger partial charge in [-0.25, -0.2) is 0 Å². The molecule has 0 saturated carbocycles. The molecule has 0 N–H and O–H groups in total. The first kappa shape index (κ1) is 21.4. The van der Waals surface area contributed by atoms with Crippen LogP contribution in [0.1, 0.15) is 13.8 Å². The van der Waals surface area contributed by atoms with Crippen molar-refractivity contribution in [2.24, 2.45) is 0 Å². The number of hydrogen-bond donors (Lipinski definition) is 0. The van der Waals surface area contributed by atoms with Crippen molar-refractivity contribution in [3.63, 3.8) is 0 Å². The summed E-state index contributed by atoms with van der Waals surface area (Å²) in [6.45, 7) is 5.21. The third-order valence-electron chi connectivity index (χ3n) is 5.09. The number of benzene rings is 2. The Morgan fingerprint density at radius 2 is 1.74 bits per heavy atom. The van der Waals surface area contributed by atoms with E-state index in [4.69, 9.17) is 9.47 Å². The quantitative estimate of drug-likeness (QED) is 0.547. The maximum atomic E-state index is 12.9. The predicted octanol–water partition coefficient (Wildman–Crippen LogP) is 3.67. The zero-order valence-corrected chi connectivity index (χ0v) is 18.7. The Labute approximate surface area is 186 Å². The molecule has 1 aliphatic rings. The van der Waals surface area contributed by atoms with E-state index < -0.39 is 0 Å². The van der Waals surface area contributed by atoms with Crippen molar-refractivity contribution < 1.29 is 14.3 Å². The van der Waals surface area contributed by atoms with Crippen molar-refractivity contribution >= 4 is 17.7 Å². The molecule has 0 bridgehead atoms. The highest BCUT2D eigenvalue weighted by Gasteiger charge is 2.27. The van der Waals surface area contributed by atoms with Gasteiger partial charge in [-0.15, -0.1) is 10.2 Å². The number of methoxy groups -OCH3 is 1. The summed E-state index contributed by atoms with van der Waals surface area (Å²) in [5, 5.41) is 9.53. The van der Waals surface area contributed by atoms with Gasteiger partial charge in [0.2, 0.25) is 5.91 Å². The maximum absolute atomic E-state index is 12.9. The number of hydrogen-bond acceptors (Lipinski definition) is 6. The standard InChI is InChI=1S/C23H26N4O3S/c1-16-13-26(14-17(2)30-16)21(28)15-31-23-25-24-22(19-11-7-8-12-20(19)29-3)27(23)18-9-5-4-6-10-18/h4-12,16-17H,13-15H2,1-3H3/t16-,17+. The molecule has 3 aromatic rings. The summed E-state index contributed by atoms with van der Waals surface area (Å²) in [6.07, 6.45) is 0.0886. The first-order chi connectivity index (χ1) is 15.1. The van der Waals surface area contributed by atoms with Crippen LogP contribution >= 0.6 is 11.8 Å². The van der Waals surface area contributed by atoms with E-state index >= 15 is 0 Å². The van der Waals surface area contributed by atoms with Crippen molar-refractivity contribution in [2.45, 2.75) is 31.2 Å². The summed E-state index contributed by atoms with van der Waals surface area (Å²) in [6, 6.07) is 17.6. The number of amides is 1. The Balaban J connectivity index is 1.62. The van der Waals surface area contributed by atoms with E-state index in [0.29, 0.717) is 24.1 Å². The average molecular weight is 439 g/mol. The van der Waals surface area contributed by atoms with Crippen LogP contribution in [-0.4, -0.2) is 63.7 Å². The summed E-state index contributed by atoms with van der Waals surface area (Å²) in [4.78, 5) is 14.7. The van der Waals surface area contributed by atoms with E-state index in [1.54, 1.807) is 7.11 Å². The van der Waals surface area contributed by atoms with E-state index in [9.17, 15) is 4.79 Å². The van der Waals surface area contributed by atoms with E-state index in [2.05, 4.69) is 10.2 Å². The highest BCUT2D eigenvalue weighted by atomic mass is 32.2. The number of thioether (sulfide) groups is 1. The molecule has 0 radical (unpaired) electrons. The topological polar surface area (TPSA) is 69.5 Å². The molecule has 0 unspecified atom stereocenters. The maximum Gasteiger partial charge on any atom is 0.233 e. The van der Waals surface area contributed by atoms with Crippen molar-refractivity contribution in [3.05, 3.63) is 54.6 Å². The molecule has 8 heteroatoms. The smallest absolute Gasteiger partial charge is 0.233 e. The summed E-state index contributed by atoms with van der Waals surface area (Å²) >= 11 is 1.39. The van der Waals surface area contributed by atoms with Crippen LogP contribution in [0.25, 0.3) is 17.1 Å². The van der Waals surface area contributed by atoms with E-state index in [0.717, 1.165) is 17.0 Å². The SMILES string of the molecule is COc1ccccc1-c1nnc(SCC(=O)N2C[C@@H](C)O[C@@H](C)C2)n1-c1ccccc1. The minimum Gasteiger partial charge on any atom is -0.496 e. The second-order valence-corrected chi connectivity index (χ2v) is 8.46. The summed E-state index contributed by atoms with van der Waals surface area (Å²) < 4.78 is 13.3. The third kappa shape index (κ3) is 4.75. The molecule has 1 fully saturated rings. The van der Waals surface area contributed by atoms with Crippen LogP contribution in [0.2, 0.25) is 0 Å². The van der Waals surface area contributed by atoms with Crippen molar-refractivity contribution in [3.8, 4) is 22.8 Å². The molecule has 1 saturated heterocycles. The van der Waals surface area contributed by atoms with Gasteiger partial charge in [0.05, 0.1) is 30.6 Å². The van der Waals surface area contributed by atoms with Gasteiger partial charge in [-0.3, -0.25) is 9.36 Å². The molecule has 2 atom stereocenters. The Morgan fingerprint density at radius 1 is 1.06 bits per heavy atom. The lowest BCUT2D eigenvalue weighted by molar-refractivity contribution is -0.140. The first-order valence-electron chi connectivity index (χ1n) is 10.3. The van der Waals surface area contributed by atoms with Crippen LogP contribution in [0, 0.1) is 0 Å². The van der Waals surface area contributed by atoms with Crippen molar-refractivity contribution in [2.75, 3.05) is 26.0 Å². The molecule has 1 aromatic heterocycles. The molecule has 2 aromatic carbocycles. The van der Waals surface area contributed by atoms with Gasteiger partial charge >= 0.3 is 0 Å². The molecule has 0 aliphatic carbocycles. The zero-order valence-electron chi connectivity index (χ0n) is 17.9. The monoisotopic (exact) mass is 438 g/mol. The number of ether oxygens (including phenoxy) is 2. The summed E-state index contributed by atoms with van der Waals surface area (Å²) in [5.74, 6) is 1.76. The molecule has 1 amide bonds. The summed E-state index contributed by atoms with van der Waals surface area (Å²) in [5.41, 5.74) is 1.77. The van der Waals surface area contributed by atoms with Gasteiger partial charge in [0.25, 0.3) is 0 Å². The molecule has 162 valence electrons. The Kier molecular flexibility index (Phi) is 6.58. The fourth-order valence-corrected chi connectivity index (χ4v) is 4.63. The molecule has 2 heterocycles. The minimum atomic E-state index is 0.0443. The number of nitrogens with zero attached hydrogens (tertiary/aromatic N) is 4. The van der Waals surface area contributed by atoms with Gasteiger partial charge in [-0.2, -0.15) is 0 Å². The highest BCUT2D eigenvalue weighted by Crippen LogP contribution is 2.33. The highest BCUT2D eigenvalue weighted by molar-refractivity contribution is 7.99. The van der Waals surface area contributed by atoms with E-state index in [-0.39, 0.29) is 23.9 Å². The van der Waals surface area contributed by atoms with Crippen LogP contribution in [0.4, 0.5) is 0 Å². The number of rotatable bonds is 6. The molecular formula is C23H26N4O3S. The van der Waals surface area contributed by atoms with E-state index in [1.807, 2.05) is 77.9 Å². The Bertz CT molecular complexity index is 1030. The molecule has 4 rings (SSSR count). The number of carbonyl (C=O) groups is 1. The second-order valence-electron chi connectivity index (χ2n) is 7.52. The number of para-hydroxylation sites is 2. The van der Waals surface area contributed by atoms with Crippen molar-refractivity contribution in [1.82, 2.24) is 19.7 Å². The fourth-order valence-electron chi connectivity index (χ4n) is 3.78. The van der Waals surface area contributed by atoms with Gasteiger partial charge in [-0.1, -0.05) is 42.1 Å². The van der Waals surface area contributed by atoms with Crippen LogP contribution in [0.3, 0.4) is 0 Å². The van der Waals surface area contributed by atoms with Crippen LogP contribution in [0.5, 0.6) is 5.75 Å². The molecule has 0 spiro atoms. The number of carbonyl (C=O) groups excluding carboxylic acids is 1. The predicted molar refractivity (Wildman–Crippen MR) is 121 cm³/mol.